The van der Waals surface area contributed by atoms with Gasteiger partial charge in [0.1, 0.15) is 24.0 Å². The zero-order chi connectivity index (χ0) is 15.1. The SMILES string of the molecule is O=c1ccc2cn([C@@H]3O[C@H](CO)[C@@H](O)[C@H]3O)c(=O)nc2[nH]1. The predicted octanol–water partition coefficient (Wildman–Crippen LogP) is -2.30. The van der Waals surface area contributed by atoms with Crippen LogP contribution in [-0.2, 0) is 4.74 Å². The van der Waals surface area contributed by atoms with Crippen molar-refractivity contribution in [3.8, 4) is 0 Å². The van der Waals surface area contributed by atoms with Crippen LogP contribution in [0.1, 0.15) is 6.23 Å². The standard InChI is InChI=1S/C12H13N3O6/c16-4-6-8(18)9(19)11(21-6)15-3-5-1-2-7(17)13-10(5)14-12(15)20/h1-3,6,8-9,11,16,18-19H,4H2,(H,13,14,17,20)/t6-,8-,9-,11-/m1/s1. The summed E-state index contributed by atoms with van der Waals surface area (Å²) in [5, 5.41) is 29.1. The Labute approximate surface area is 117 Å². The second kappa shape index (κ2) is 5.04. The molecule has 9 nitrogen and oxygen atoms in total. The summed E-state index contributed by atoms with van der Waals surface area (Å²) in [4.78, 5) is 29.3. The number of aromatic amines is 1. The zero-order valence-corrected chi connectivity index (χ0v) is 10.7. The van der Waals surface area contributed by atoms with E-state index >= 15 is 0 Å². The zero-order valence-electron chi connectivity index (χ0n) is 10.7. The molecule has 0 amide bonds. The third-order valence-corrected chi connectivity index (χ3v) is 3.43. The minimum Gasteiger partial charge on any atom is -0.394 e. The van der Waals surface area contributed by atoms with Crippen LogP contribution in [0.5, 0.6) is 0 Å². The smallest absolute Gasteiger partial charge is 0.351 e. The molecule has 3 rings (SSSR count). The number of H-pyrrole nitrogens is 1. The van der Waals surface area contributed by atoms with Crippen LogP contribution in [-0.4, -0.2) is 54.8 Å². The van der Waals surface area contributed by atoms with Gasteiger partial charge in [-0.15, -0.1) is 0 Å². The number of ether oxygens (including phenoxy) is 1. The highest BCUT2D eigenvalue weighted by Crippen LogP contribution is 2.28. The summed E-state index contributed by atoms with van der Waals surface area (Å²) in [6.45, 7) is -0.488. The number of hydrogen-bond donors (Lipinski definition) is 4. The molecule has 4 N–H and O–H groups in total. The molecule has 21 heavy (non-hydrogen) atoms. The summed E-state index contributed by atoms with van der Waals surface area (Å²) >= 11 is 0. The lowest BCUT2D eigenvalue weighted by Gasteiger charge is -2.17. The topological polar surface area (TPSA) is 138 Å². The maximum atomic E-state index is 12.0. The van der Waals surface area contributed by atoms with Gasteiger partial charge in [0.2, 0.25) is 5.56 Å². The van der Waals surface area contributed by atoms with Gasteiger partial charge in [-0.25, -0.2) is 4.79 Å². The average molecular weight is 295 g/mol. The Morgan fingerprint density at radius 2 is 2.05 bits per heavy atom. The number of aliphatic hydroxyl groups excluding tert-OH is 3. The quantitative estimate of drug-likeness (QED) is 0.488. The van der Waals surface area contributed by atoms with Gasteiger partial charge in [0.15, 0.2) is 6.23 Å². The van der Waals surface area contributed by atoms with E-state index in [-0.39, 0.29) is 11.2 Å². The highest BCUT2D eigenvalue weighted by molar-refractivity contribution is 5.72. The maximum Gasteiger partial charge on any atom is 0.351 e. The Bertz CT molecular complexity index is 784. The molecule has 0 bridgehead atoms. The van der Waals surface area contributed by atoms with Gasteiger partial charge in [-0.1, -0.05) is 0 Å². The van der Waals surface area contributed by atoms with Crippen LogP contribution in [0.2, 0.25) is 0 Å². The van der Waals surface area contributed by atoms with E-state index in [1.807, 2.05) is 0 Å². The second-order valence-electron chi connectivity index (χ2n) is 4.79. The minimum atomic E-state index is -1.37. The number of fused-ring (bicyclic) bond motifs is 1. The summed E-state index contributed by atoms with van der Waals surface area (Å²) in [5.41, 5.74) is -1.02. The van der Waals surface area contributed by atoms with Crippen LogP contribution >= 0.6 is 0 Å². The van der Waals surface area contributed by atoms with E-state index in [0.29, 0.717) is 5.39 Å². The van der Waals surface area contributed by atoms with Crippen LogP contribution in [0.3, 0.4) is 0 Å². The van der Waals surface area contributed by atoms with Crippen LogP contribution < -0.4 is 11.2 Å². The number of rotatable bonds is 2. The first kappa shape index (κ1) is 13.9. The Hall–Kier alpha value is -2.07. The molecule has 0 saturated carbocycles. The first-order chi connectivity index (χ1) is 10.0. The number of pyridine rings is 1. The molecule has 0 unspecified atom stereocenters. The minimum absolute atomic E-state index is 0.121. The van der Waals surface area contributed by atoms with Gasteiger partial charge in [0, 0.05) is 17.6 Å². The Kier molecular flexibility index (Phi) is 3.33. The van der Waals surface area contributed by atoms with Gasteiger partial charge >= 0.3 is 5.69 Å². The largest absolute Gasteiger partial charge is 0.394 e. The summed E-state index contributed by atoms with van der Waals surface area (Å²) < 4.78 is 6.29. The van der Waals surface area contributed by atoms with Crippen molar-refractivity contribution in [2.45, 2.75) is 24.5 Å². The van der Waals surface area contributed by atoms with E-state index in [1.165, 1.54) is 18.3 Å². The van der Waals surface area contributed by atoms with E-state index in [1.54, 1.807) is 0 Å². The molecule has 0 spiro atoms. The summed E-state index contributed by atoms with van der Waals surface area (Å²) in [6, 6.07) is 2.74. The fraction of sp³-hybridized carbons (Fsp3) is 0.417. The highest BCUT2D eigenvalue weighted by Gasteiger charge is 2.43. The molecule has 1 aliphatic rings. The van der Waals surface area contributed by atoms with Crippen LogP contribution in [0.15, 0.2) is 27.9 Å². The number of aromatic nitrogens is 3. The fourth-order valence-electron chi connectivity index (χ4n) is 2.32. The van der Waals surface area contributed by atoms with E-state index < -0.39 is 36.8 Å². The van der Waals surface area contributed by atoms with Crippen LogP contribution in [0, 0.1) is 0 Å². The van der Waals surface area contributed by atoms with Crippen molar-refractivity contribution in [3.05, 3.63) is 39.2 Å². The number of nitrogens with one attached hydrogen (secondary N) is 1. The van der Waals surface area contributed by atoms with Gasteiger partial charge < -0.3 is 25.0 Å². The Morgan fingerprint density at radius 3 is 2.71 bits per heavy atom. The van der Waals surface area contributed by atoms with Gasteiger partial charge in [0.25, 0.3) is 0 Å². The highest BCUT2D eigenvalue weighted by atomic mass is 16.6. The first-order valence-corrected chi connectivity index (χ1v) is 6.26. The molecule has 1 fully saturated rings. The number of hydrogen-bond acceptors (Lipinski definition) is 7. The molecule has 0 radical (unpaired) electrons. The van der Waals surface area contributed by atoms with Crippen molar-refractivity contribution in [1.82, 2.24) is 14.5 Å². The van der Waals surface area contributed by atoms with E-state index in [2.05, 4.69) is 9.97 Å². The summed E-state index contributed by atoms with van der Waals surface area (Å²) in [7, 11) is 0. The number of nitrogens with zero attached hydrogens (tertiary/aromatic N) is 2. The van der Waals surface area contributed by atoms with Crippen molar-refractivity contribution < 1.29 is 20.1 Å². The van der Waals surface area contributed by atoms with E-state index in [0.717, 1.165) is 4.57 Å². The lowest BCUT2D eigenvalue weighted by Crippen LogP contribution is -2.36. The molecule has 1 aliphatic heterocycles. The molecule has 112 valence electrons. The number of aliphatic hydroxyl groups is 3. The van der Waals surface area contributed by atoms with E-state index in [9.17, 15) is 19.8 Å². The molecule has 2 aromatic rings. The third-order valence-electron chi connectivity index (χ3n) is 3.43. The lowest BCUT2D eigenvalue weighted by atomic mass is 10.1. The lowest BCUT2D eigenvalue weighted by molar-refractivity contribution is -0.0547. The summed E-state index contributed by atoms with van der Waals surface area (Å²) in [5.74, 6) is 0. The normalized spacial score (nSPS) is 29.1. The predicted molar refractivity (Wildman–Crippen MR) is 69.6 cm³/mol. The average Bonchev–Trinajstić information content (AvgIpc) is 2.74. The van der Waals surface area contributed by atoms with Gasteiger partial charge in [-0.3, -0.25) is 9.36 Å². The van der Waals surface area contributed by atoms with Crippen molar-refractivity contribution in [2.75, 3.05) is 6.61 Å². The van der Waals surface area contributed by atoms with Crippen molar-refractivity contribution in [1.29, 1.82) is 0 Å². The van der Waals surface area contributed by atoms with Gasteiger partial charge in [-0.05, 0) is 6.07 Å². The molecule has 9 heteroatoms. The molecule has 0 aromatic carbocycles. The van der Waals surface area contributed by atoms with Gasteiger partial charge in [-0.2, -0.15) is 4.98 Å². The monoisotopic (exact) mass is 295 g/mol. The fourth-order valence-corrected chi connectivity index (χ4v) is 2.32. The molecule has 1 saturated heterocycles. The molecule has 0 aliphatic carbocycles. The third kappa shape index (κ3) is 2.25. The first-order valence-electron chi connectivity index (χ1n) is 6.26. The molecule has 3 heterocycles. The Morgan fingerprint density at radius 1 is 1.29 bits per heavy atom. The molecular formula is C12H13N3O6. The summed E-state index contributed by atoms with van der Waals surface area (Å²) in [6.07, 6.45) is -3.46. The van der Waals surface area contributed by atoms with Gasteiger partial charge in [0.05, 0.1) is 6.61 Å². The van der Waals surface area contributed by atoms with E-state index in [4.69, 9.17) is 9.84 Å². The Balaban J connectivity index is 2.09. The van der Waals surface area contributed by atoms with Crippen molar-refractivity contribution >= 4 is 11.0 Å². The molecule has 2 aromatic heterocycles. The maximum absolute atomic E-state index is 12.0. The van der Waals surface area contributed by atoms with Crippen LogP contribution in [0.4, 0.5) is 0 Å². The molecular weight excluding hydrogens is 282 g/mol. The van der Waals surface area contributed by atoms with Crippen LogP contribution in [0.25, 0.3) is 11.0 Å². The van der Waals surface area contributed by atoms with Crippen molar-refractivity contribution in [3.63, 3.8) is 0 Å². The second-order valence-corrected chi connectivity index (χ2v) is 4.79. The molecule has 4 atom stereocenters. The van der Waals surface area contributed by atoms with Crippen molar-refractivity contribution in [2.24, 2.45) is 0 Å².